The van der Waals surface area contributed by atoms with Crippen LogP contribution < -0.4 is 0 Å². The average Bonchev–Trinajstić information content (AvgIpc) is 2.35. The zero-order valence-electron chi connectivity index (χ0n) is 11.6. The van der Waals surface area contributed by atoms with Crippen LogP contribution in [0, 0.1) is 10.8 Å². The molecule has 0 radical (unpaired) electrons. The van der Waals surface area contributed by atoms with E-state index >= 15 is 0 Å². The summed E-state index contributed by atoms with van der Waals surface area (Å²) in [4.78, 5) is 46.5. The predicted molar refractivity (Wildman–Crippen MR) is 69.1 cm³/mol. The van der Waals surface area contributed by atoms with Crippen molar-refractivity contribution in [2.45, 2.75) is 27.7 Å². The monoisotopic (exact) mass is 266 g/mol. The zero-order chi connectivity index (χ0) is 15.4. The van der Waals surface area contributed by atoms with E-state index < -0.39 is 34.3 Å². The molecule has 0 aromatic heterocycles. The van der Waals surface area contributed by atoms with Gasteiger partial charge in [0.25, 0.3) is 0 Å². The lowest BCUT2D eigenvalue weighted by molar-refractivity contribution is -0.172. The highest BCUT2D eigenvalue weighted by Crippen LogP contribution is 2.24. The molecule has 0 fully saturated rings. The maximum Gasteiger partial charge on any atom is 0.327 e. The normalized spacial score (nSPS) is 11.4. The van der Waals surface area contributed by atoms with Crippen LogP contribution >= 0.6 is 0 Å². The van der Waals surface area contributed by atoms with Gasteiger partial charge in [-0.1, -0.05) is 13.2 Å². The Morgan fingerprint density at radius 3 is 1.26 bits per heavy atom. The van der Waals surface area contributed by atoms with Gasteiger partial charge in [0.15, 0.2) is 11.6 Å². The van der Waals surface area contributed by atoms with Crippen LogP contribution in [0.15, 0.2) is 25.3 Å². The van der Waals surface area contributed by atoms with Crippen LogP contribution in [0.4, 0.5) is 0 Å². The van der Waals surface area contributed by atoms with E-state index in [2.05, 4.69) is 17.9 Å². The topological polar surface area (TPSA) is 77.5 Å². The van der Waals surface area contributed by atoms with Crippen LogP contribution in [0.25, 0.3) is 0 Å². The average molecular weight is 266 g/mol. The minimum absolute atomic E-state index is 0.571. The third kappa shape index (κ3) is 3.47. The molecule has 104 valence electrons. The Morgan fingerprint density at radius 1 is 0.789 bits per heavy atom. The number of ketones is 2. The van der Waals surface area contributed by atoms with Crippen molar-refractivity contribution in [1.82, 2.24) is 0 Å². The lowest BCUT2D eigenvalue weighted by Crippen LogP contribution is -2.41. The molecular formula is C14H18O5. The van der Waals surface area contributed by atoms with Crippen molar-refractivity contribution in [3.05, 3.63) is 25.3 Å². The van der Waals surface area contributed by atoms with Crippen molar-refractivity contribution in [2.75, 3.05) is 0 Å². The van der Waals surface area contributed by atoms with Crippen LogP contribution in [-0.4, -0.2) is 23.5 Å². The van der Waals surface area contributed by atoms with Crippen molar-refractivity contribution in [2.24, 2.45) is 10.8 Å². The highest BCUT2D eigenvalue weighted by molar-refractivity contribution is 6.14. The smallest absolute Gasteiger partial charge is 0.327 e. The fraction of sp³-hybridized carbons (Fsp3) is 0.429. The summed E-state index contributed by atoms with van der Waals surface area (Å²) in [5.74, 6) is -3.18. The predicted octanol–water partition coefficient (Wildman–Crippen LogP) is 1.62. The second-order valence-corrected chi connectivity index (χ2v) is 5.06. The second-order valence-electron chi connectivity index (χ2n) is 5.06. The van der Waals surface area contributed by atoms with Crippen molar-refractivity contribution in [3.8, 4) is 0 Å². The molecule has 0 amide bonds. The minimum atomic E-state index is -1.52. The molecule has 0 saturated carbocycles. The maximum absolute atomic E-state index is 11.8. The highest BCUT2D eigenvalue weighted by Gasteiger charge is 2.42. The molecule has 0 bridgehead atoms. The molecule has 0 unspecified atom stereocenters. The number of carbonyl (C=O) groups is 4. The molecule has 0 aromatic carbocycles. The Hall–Kier alpha value is -2.04. The Labute approximate surface area is 112 Å². The summed E-state index contributed by atoms with van der Waals surface area (Å²) in [6.07, 6.45) is 1.96. The van der Waals surface area contributed by atoms with Gasteiger partial charge in [-0.05, 0) is 39.8 Å². The molecule has 19 heavy (non-hydrogen) atoms. The number of rotatable bonds is 6. The van der Waals surface area contributed by atoms with E-state index in [-0.39, 0.29) is 0 Å². The van der Waals surface area contributed by atoms with Gasteiger partial charge in [-0.2, -0.15) is 0 Å². The summed E-state index contributed by atoms with van der Waals surface area (Å²) >= 11 is 0. The molecule has 0 atom stereocenters. The molecule has 0 saturated heterocycles. The van der Waals surface area contributed by atoms with E-state index in [4.69, 9.17) is 0 Å². The first-order valence-corrected chi connectivity index (χ1v) is 5.62. The van der Waals surface area contributed by atoms with Gasteiger partial charge >= 0.3 is 11.9 Å². The lowest BCUT2D eigenvalue weighted by atomic mass is 9.86. The molecular weight excluding hydrogens is 248 g/mol. The Bertz CT molecular complexity index is 412. The third-order valence-electron chi connectivity index (χ3n) is 2.81. The molecule has 0 spiro atoms. The molecule has 0 heterocycles. The van der Waals surface area contributed by atoms with Crippen LogP contribution in [0.2, 0.25) is 0 Å². The van der Waals surface area contributed by atoms with Gasteiger partial charge in [-0.15, -0.1) is 0 Å². The highest BCUT2D eigenvalue weighted by atomic mass is 16.6. The number of ether oxygens (including phenoxy) is 1. The molecule has 5 heteroatoms. The molecule has 5 nitrogen and oxygen atoms in total. The Morgan fingerprint density at radius 2 is 1.05 bits per heavy atom. The van der Waals surface area contributed by atoms with Crippen LogP contribution in [0.3, 0.4) is 0 Å². The standard InChI is InChI=1S/C14H18O5/c1-7-9(15)13(3,4)11(17)19-12(18)14(5,6)10(16)8-2/h7-8H,1-2H2,3-6H3. The van der Waals surface area contributed by atoms with Crippen molar-refractivity contribution in [1.29, 1.82) is 0 Å². The van der Waals surface area contributed by atoms with Gasteiger partial charge in [0.1, 0.15) is 10.8 Å². The van der Waals surface area contributed by atoms with Gasteiger partial charge in [0.2, 0.25) is 0 Å². The van der Waals surface area contributed by atoms with Crippen molar-refractivity contribution >= 4 is 23.5 Å². The molecule has 0 N–H and O–H groups in total. The minimum Gasteiger partial charge on any atom is -0.392 e. The fourth-order valence-electron chi connectivity index (χ4n) is 1.05. The first-order valence-electron chi connectivity index (χ1n) is 5.62. The van der Waals surface area contributed by atoms with Crippen LogP contribution in [0.1, 0.15) is 27.7 Å². The quantitative estimate of drug-likeness (QED) is 0.414. The molecule has 0 rings (SSSR count). The molecule has 0 aliphatic heterocycles. The van der Waals surface area contributed by atoms with Crippen LogP contribution in [0.5, 0.6) is 0 Å². The number of hydrogen-bond acceptors (Lipinski definition) is 5. The molecule has 0 aliphatic rings. The van der Waals surface area contributed by atoms with Gasteiger partial charge in [0.05, 0.1) is 0 Å². The summed E-state index contributed by atoms with van der Waals surface area (Å²) in [5.41, 5.74) is -3.05. The van der Waals surface area contributed by atoms with E-state index in [0.717, 1.165) is 12.2 Å². The molecule has 0 aliphatic carbocycles. The first-order chi connectivity index (χ1) is 8.51. The SMILES string of the molecule is C=CC(=O)C(C)(C)C(=O)OC(=O)C(C)(C)C(=O)C=C. The summed E-state index contributed by atoms with van der Waals surface area (Å²) in [6, 6.07) is 0. The number of allylic oxidation sites excluding steroid dienone is 2. The van der Waals surface area contributed by atoms with Crippen molar-refractivity contribution in [3.63, 3.8) is 0 Å². The van der Waals surface area contributed by atoms with E-state index in [1.165, 1.54) is 27.7 Å². The van der Waals surface area contributed by atoms with E-state index in [1.54, 1.807) is 0 Å². The van der Waals surface area contributed by atoms with Crippen molar-refractivity contribution < 1.29 is 23.9 Å². The number of esters is 2. The summed E-state index contributed by atoms with van der Waals surface area (Å²) in [6.45, 7) is 11.8. The Balaban J connectivity index is 5.08. The maximum atomic E-state index is 11.8. The Kier molecular flexibility index (Phi) is 5.12. The number of hydrogen-bond donors (Lipinski definition) is 0. The number of carbonyl (C=O) groups excluding carboxylic acids is 4. The van der Waals surface area contributed by atoms with Gasteiger partial charge in [0, 0.05) is 0 Å². The molecule has 0 aromatic rings. The summed E-state index contributed by atoms with van der Waals surface area (Å²) in [5, 5.41) is 0. The summed E-state index contributed by atoms with van der Waals surface area (Å²) < 4.78 is 4.61. The fourth-order valence-corrected chi connectivity index (χ4v) is 1.05. The van der Waals surface area contributed by atoms with E-state index in [1.807, 2.05) is 0 Å². The zero-order valence-corrected chi connectivity index (χ0v) is 11.6. The summed E-state index contributed by atoms with van der Waals surface area (Å²) in [7, 11) is 0. The van der Waals surface area contributed by atoms with E-state index in [9.17, 15) is 19.2 Å². The van der Waals surface area contributed by atoms with Gasteiger partial charge in [-0.25, -0.2) is 0 Å². The van der Waals surface area contributed by atoms with Gasteiger partial charge in [-0.3, -0.25) is 19.2 Å². The second kappa shape index (κ2) is 5.73. The lowest BCUT2D eigenvalue weighted by Gasteiger charge is -2.23. The van der Waals surface area contributed by atoms with Crippen LogP contribution in [-0.2, 0) is 23.9 Å². The largest absolute Gasteiger partial charge is 0.392 e. The van der Waals surface area contributed by atoms with Gasteiger partial charge < -0.3 is 4.74 Å². The third-order valence-corrected chi connectivity index (χ3v) is 2.81. The van der Waals surface area contributed by atoms with E-state index in [0.29, 0.717) is 0 Å². The first kappa shape index (κ1) is 17.0.